The van der Waals surface area contributed by atoms with Crippen molar-refractivity contribution in [2.75, 3.05) is 4.90 Å². The summed E-state index contributed by atoms with van der Waals surface area (Å²) >= 11 is 18.7. The molecule has 1 heterocycles. The van der Waals surface area contributed by atoms with Gasteiger partial charge in [0.25, 0.3) is 0 Å². The van der Waals surface area contributed by atoms with Crippen LogP contribution in [-0.4, -0.2) is 21.7 Å². The number of carbonyl (C=O) groups excluding carboxylic acids is 1. The van der Waals surface area contributed by atoms with E-state index in [1.54, 1.807) is 52.0 Å². The molecule has 0 saturated carbocycles. The molecule has 0 fully saturated rings. The van der Waals surface area contributed by atoms with Crippen LogP contribution in [0.3, 0.4) is 0 Å². The van der Waals surface area contributed by atoms with Crippen LogP contribution in [0.5, 0.6) is 0 Å². The number of halogens is 3. The maximum atomic E-state index is 13.1. The summed E-state index contributed by atoms with van der Waals surface area (Å²) in [6.45, 7) is 10.7. The molecule has 1 aromatic carbocycles. The molecule has 0 aliphatic heterocycles. The molecule has 0 unspecified atom stereocenters. The van der Waals surface area contributed by atoms with Gasteiger partial charge in [-0.1, -0.05) is 40.9 Å². The van der Waals surface area contributed by atoms with Crippen LogP contribution in [0, 0.1) is 6.92 Å². The molecule has 0 atom stereocenters. The van der Waals surface area contributed by atoms with Crippen LogP contribution in [0.4, 0.5) is 16.3 Å². The predicted molar refractivity (Wildman–Crippen MR) is 111 cm³/mol. The Bertz CT molecular complexity index is 879. The zero-order chi connectivity index (χ0) is 20.4. The Kier molecular flexibility index (Phi) is 6.73. The molecular formula is C19H20Cl3N3O2. The first-order valence-electron chi connectivity index (χ1n) is 8.15. The second-order valence-electron chi connectivity index (χ2n) is 6.77. The van der Waals surface area contributed by atoms with Gasteiger partial charge in [0, 0.05) is 10.6 Å². The summed E-state index contributed by atoms with van der Waals surface area (Å²) in [6, 6.07) is 4.79. The number of aromatic nitrogens is 2. The highest BCUT2D eigenvalue weighted by atomic mass is 35.5. The number of hydrogen-bond acceptors (Lipinski definition) is 4. The summed E-state index contributed by atoms with van der Waals surface area (Å²) in [5.41, 5.74) is 0.183. The van der Waals surface area contributed by atoms with E-state index in [2.05, 4.69) is 16.5 Å². The van der Waals surface area contributed by atoms with Gasteiger partial charge in [0.1, 0.15) is 16.6 Å². The van der Waals surface area contributed by atoms with Crippen LogP contribution in [0.15, 0.2) is 30.9 Å². The van der Waals surface area contributed by atoms with E-state index in [0.717, 1.165) is 0 Å². The van der Waals surface area contributed by atoms with Gasteiger partial charge in [0.2, 0.25) is 0 Å². The maximum Gasteiger partial charge on any atom is 0.420 e. The molecule has 0 radical (unpaired) electrons. The summed E-state index contributed by atoms with van der Waals surface area (Å²) in [5.74, 6) is 0.687. The van der Waals surface area contributed by atoms with Crippen molar-refractivity contribution in [2.24, 2.45) is 0 Å². The Balaban J connectivity index is 2.73. The normalized spacial score (nSPS) is 11.2. The van der Waals surface area contributed by atoms with E-state index in [9.17, 15) is 4.79 Å². The first-order valence-corrected chi connectivity index (χ1v) is 9.29. The monoisotopic (exact) mass is 427 g/mol. The highest BCUT2D eigenvalue weighted by Gasteiger charge is 2.30. The van der Waals surface area contributed by atoms with Crippen molar-refractivity contribution in [3.05, 3.63) is 57.4 Å². The van der Waals surface area contributed by atoms with Gasteiger partial charge in [0.05, 0.1) is 10.7 Å². The van der Waals surface area contributed by atoms with Crippen molar-refractivity contribution >= 4 is 52.4 Å². The third-order valence-electron chi connectivity index (χ3n) is 3.33. The lowest BCUT2D eigenvalue weighted by atomic mass is 10.2. The molecule has 144 valence electrons. The Morgan fingerprint density at radius 2 is 1.93 bits per heavy atom. The summed E-state index contributed by atoms with van der Waals surface area (Å²) < 4.78 is 5.57. The molecule has 2 rings (SSSR count). The fourth-order valence-electron chi connectivity index (χ4n) is 2.32. The second-order valence-corrected chi connectivity index (χ2v) is 7.97. The van der Waals surface area contributed by atoms with Crippen LogP contribution in [0.2, 0.25) is 15.2 Å². The highest BCUT2D eigenvalue weighted by Crippen LogP contribution is 2.37. The topological polar surface area (TPSA) is 55.3 Å². The van der Waals surface area contributed by atoms with E-state index >= 15 is 0 Å². The number of carbonyl (C=O) groups is 1. The summed E-state index contributed by atoms with van der Waals surface area (Å²) in [7, 11) is 0. The molecule has 1 amide bonds. The van der Waals surface area contributed by atoms with Gasteiger partial charge in [0.15, 0.2) is 5.82 Å². The van der Waals surface area contributed by atoms with Crippen LogP contribution in [-0.2, 0) is 11.2 Å². The van der Waals surface area contributed by atoms with E-state index in [1.165, 1.54) is 4.90 Å². The number of nitrogens with zero attached hydrogens (tertiary/aromatic N) is 3. The number of benzene rings is 1. The first kappa shape index (κ1) is 21.5. The van der Waals surface area contributed by atoms with Gasteiger partial charge in [-0.3, -0.25) is 0 Å². The second kappa shape index (κ2) is 8.46. The van der Waals surface area contributed by atoms with Crippen molar-refractivity contribution in [1.29, 1.82) is 0 Å². The molecule has 8 heteroatoms. The number of hydrogen-bond donors (Lipinski definition) is 0. The number of aryl methyl sites for hydroxylation is 1. The number of amides is 1. The zero-order valence-electron chi connectivity index (χ0n) is 15.5. The smallest absolute Gasteiger partial charge is 0.420 e. The molecule has 2 aromatic rings. The fourth-order valence-corrected chi connectivity index (χ4v) is 3.10. The standard InChI is InChI=1S/C19H20Cl3N3O2/c1-6-7-13-16(22)23-11(2)24-17(13)25(18(26)27-19(3,4)5)15-9-8-12(20)10-14(15)21/h6,8-10H,1,7H2,2-5H3. The highest BCUT2D eigenvalue weighted by molar-refractivity contribution is 6.37. The molecule has 1 aromatic heterocycles. The molecule has 0 aliphatic carbocycles. The van der Waals surface area contributed by atoms with Crippen molar-refractivity contribution in [3.63, 3.8) is 0 Å². The maximum absolute atomic E-state index is 13.1. The molecule has 0 spiro atoms. The first-order chi connectivity index (χ1) is 12.5. The lowest BCUT2D eigenvalue weighted by Gasteiger charge is -2.28. The van der Waals surface area contributed by atoms with Crippen LogP contribution in [0.25, 0.3) is 0 Å². The van der Waals surface area contributed by atoms with E-state index in [-0.39, 0.29) is 16.0 Å². The predicted octanol–water partition coefficient (Wildman–Crippen LogP) is 6.55. The summed E-state index contributed by atoms with van der Waals surface area (Å²) in [5, 5.41) is 0.942. The van der Waals surface area contributed by atoms with E-state index in [1.807, 2.05) is 0 Å². The number of allylic oxidation sites excluding steroid dienone is 1. The van der Waals surface area contributed by atoms with Gasteiger partial charge in [-0.15, -0.1) is 6.58 Å². The Hall–Kier alpha value is -1.82. The largest absolute Gasteiger partial charge is 0.443 e. The number of anilines is 2. The average Bonchev–Trinajstić information content (AvgIpc) is 2.51. The van der Waals surface area contributed by atoms with Crippen LogP contribution >= 0.6 is 34.8 Å². The van der Waals surface area contributed by atoms with Gasteiger partial charge < -0.3 is 4.74 Å². The molecule has 0 N–H and O–H groups in total. The van der Waals surface area contributed by atoms with E-state index in [4.69, 9.17) is 39.5 Å². The summed E-state index contributed by atoms with van der Waals surface area (Å²) in [6.07, 6.45) is 1.37. The Labute approximate surface area is 173 Å². The molecule has 5 nitrogen and oxygen atoms in total. The molecule has 0 bridgehead atoms. The van der Waals surface area contributed by atoms with Gasteiger partial charge in [-0.05, 0) is 52.3 Å². The Morgan fingerprint density at radius 3 is 2.48 bits per heavy atom. The SMILES string of the molecule is C=CCc1c(Cl)nc(C)nc1N(C(=O)OC(C)(C)C)c1ccc(Cl)cc1Cl. The minimum absolute atomic E-state index is 0.232. The molecule has 0 aliphatic rings. The van der Waals surface area contributed by atoms with Crippen LogP contribution < -0.4 is 4.90 Å². The lowest BCUT2D eigenvalue weighted by molar-refractivity contribution is 0.0598. The van der Waals surface area contributed by atoms with Crippen molar-refractivity contribution in [2.45, 2.75) is 39.7 Å². The zero-order valence-corrected chi connectivity index (χ0v) is 17.8. The van der Waals surface area contributed by atoms with Crippen LogP contribution in [0.1, 0.15) is 32.2 Å². The minimum atomic E-state index is -0.724. The molecule has 0 saturated heterocycles. The van der Waals surface area contributed by atoms with E-state index in [0.29, 0.717) is 28.5 Å². The third-order valence-corrected chi connectivity index (χ3v) is 4.18. The molecule has 27 heavy (non-hydrogen) atoms. The van der Waals surface area contributed by atoms with Crippen molar-refractivity contribution in [1.82, 2.24) is 9.97 Å². The Morgan fingerprint density at radius 1 is 1.26 bits per heavy atom. The van der Waals surface area contributed by atoms with Crippen molar-refractivity contribution < 1.29 is 9.53 Å². The number of rotatable bonds is 4. The summed E-state index contributed by atoms with van der Waals surface area (Å²) in [4.78, 5) is 22.9. The quantitative estimate of drug-likeness (QED) is 0.409. The third kappa shape index (κ3) is 5.34. The fraction of sp³-hybridized carbons (Fsp3) is 0.316. The van der Waals surface area contributed by atoms with Gasteiger partial charge in [-0.25, -0.2) is 19.7 Å². The van der Waals surface area contributed by atoms with Gasteiger partial charge >= 0.3 is 6.09 Å². The van der Waals surface area contributed by atoms with Gasteiger partial charge in [-0.2, -0.15) is 0 Å². The number of ether oxygens (including phenoxy) is 1. The average molecular weight is 429 g/mol. The van der Waals surface area contributed by atoms with E-state index < -0.39 is 11.7 Å². The minimum Gasteiger partial charge on any atom is -0.443 e. The lowest BCUT2D eigenvalue weighted by Crippen LogP contribution is -2.35. The van der Waals surface area contributed by atoms with Crippen molar-refractivity contribution in [3.8, 4) is 0 Å². The molecular weight excluding hydrogens is 409 g/mol.